The van der Waals surface area contributed by atoms with Crippen molar-refractivity contribution in [2.24, 2.45) is 23.2 Å². The summed E-state index contributed by atoms with van der Waals surface area (Å²) in [5.41, 5.74) is 2.96. The monoisotopic (exact) mass is 487 g/mol. The van der Waals surface area contributed by atoms with E-state index in [1.165, 1.54) is 44.1 Å². The van der Waals surface area contributed by atoms with Crippen LogP contribution in [0.1, 0.15) is 56.6 Å². The first-order valence-electron chi connectivity index (χ1n) is 11.4. The number of rotatable bonds is 7. The lowest BCUT2D eigenvalue weighted by Gasteiger charge is -2.59. The van der Waals surface area contributed by atoms with Crippen molar-refractivity contribution in [1.29, 1.82) is 0 Å². The average Bonchev–Trinajstić information content (AvgIpc) is 2.71. The Morgan fingerprint density at radius 2 is 1.60 bits per heavy atom. The van der Waals surface area contributed by atoms with Gasteiger partial charge in [0.2, 0.25) is 0 Å². The number of hydrogen-bond donors (Lipinski definition) is 1. The Bertz CT molecular complexity index is 861. The third kappa shape index (κ3) is 4.31. The van der Waals surface area contributed by atoms with Gasteiger partial charge in [0, 0.05) is 17.6 Å². The molecule has 4 saturated carbocycles. The summed E-state index contributed by atoms with van der Waals surface area (Å²) in [6, 6.07) is 14.8. The summed E-state index contributed by atoms with van der Waals surface area (Å²) in [5, 5.41) is 4.64. The lowest BCUT2D eigenvalue weighted by molar-refractivity contribution is -0.0706. The van der Waals surface area contributed by atoms with Crippen LogP contribution < -0.4 is 10.1 Å². The molecule has 0 saturated heterocycles. The minimum absolute atomic E-state index is 0.538. The van der Waals surface area contributed by atoms with Crippen LogP contribution in [-0.2, 0) is 13.2 Å². The van der Waals surface area contributed by atoms with Gasteiger partial charge in [-0.05, 0) is 120 Å². The van der Waals surface area contributed by atoms with Crippen LogP contribution in [0.4, 0.5) is 0 Å². The number of benzene rings is 2. The zero-order valence-electron chi connectivity index (χ0n) is 17.7. The van der Waals surface area contributed by atoms with Gasteiger partial charge in [-0.3, -0.25) is 0 Å². The molecule has 1 N–H and O–H groups in total. The molecule has 2 aromatic rings. The standard InChI is InChI=1S/C26H31BrClNO/c1-17(26-12-20-8-21(13-26)10-22(9-20)14-26)29-15-19-4-7-25(24(27)11-19)30-16-18-2-5-23(28)6-3-18/h2-7,11,17,20-22,29H,8-10,12-16H2,1H3. The van der Waals surface area contributed by atoms with E-state index in [9.17, 15) is 0 Å². The average molecular weight is 489 g/mol. The van der Waals surface area contributed by atoms with Crippen LogP contribution in [0, 0.1) is 23.2 Å². The minimum Gasteiger partial charge on any atom is -0.488 e. The van der Waals surface area contributed by atoms with E-state index in [4.69, 9.17) is 16.3 Å². The quantitative estimate of drug-likeness (QED) is 0.439. The highest BCUT2D eigenvalue weighted by molar-refractivity contribution is 9.10. The Hall–Kier alpha value is -1.03. The molecule has 4 aliphatic rings. The van der Waals surface area contributed by atoms with Crippen molar-refractivity contribution in [1.82, 2.24) is 5.32 Å². The van der Waals surface area contributed by atoms with E-state index < -0.39 is 0 Å². The van der Waals surface area contributed by atoms with E-state index in [0.29, 0.717) is 18.1 Å². The van der Waals surface area contributed by atoms with Gasteiger partial charge in [0.05, 0.1) is 4.47 Å². The molecule has 0 spiro atoms. The van der Waals surface area contributed by atoms with Crippen LogP contribution in [0.15, 0.2) is 46.9 Å². The lowest BCUT2D eigenvalue weighted by Crippen LogP contribution is -2.54. The van der Waals surface area contributed by atoms with Crippen molar-refractivity contribution in [3.05, 3.63) is 63.1 Å². The molecule has 1 unspecified atom stereocenters. The summed E-state index contributed by atoms with van der Waals surface area (Å²) in [6.07, 6.45) is 8.89. The van der Waals surface area contributed by atoms with Crippen LogP contribution in [-0.4, -0.2) is 6.04 Å². The molecule has 6 rings (SSSR count). The molecule has 0 aliphatic heterocycles. The number of hydrogen-bond acceptors (Lipinski definition) is 2. The summed E-state index contributed by atoms with van der Waals surface area (Å²) in [7, 11) is 0. The molecule has 0 radical (unpaired) electrons. The zero-order valence-corrected chi connectivity index (χ0v) is 20.0. The second-order valence-electron chi connectivity index (χ2n) is 10.1. The van der Waals surface area contributed by atoms with Gasteiger partial charge in [0.1, 0.15) is 12.4 Å². The maximum Gasteiger partial charge on any atom is 0.134 e. The molecule has 30 heavy (non-hydrogen) atoms. The van der Waals surface area contributed by atoms with Gasteiger partial charge in [0.25, 0.3) is 0 Å². The van der Waals surface area contributed by atoms with Crippen molar-refractivity contribution in [2.45, 2.75) is 64.6 Å². The molecule has 0 heterocycles. The van der Waals surface area contributed by atoms with Gasteiger partial charge < -0.3 is 10.1 Å². The van der Waals surface area contributed by atoms with Crippen molar-refractivity contribution in [3.8, 4) is 5.75 Å². The molecule has 160 valence electrons. The smallest absolute Gasteiger partial charge is 0.134 e. The SMILES string of the molecule is CC(NCc1ccc(OCc2ccc(Cl)cc2)c(Br)c1)C12CC3CC(CC(C3)C1)C2. The van der Waals surface area contributed by atoms with E-state index in [2.05, 4.69) is 46.4 Å². The molecule has 0 aromatic heterocycles. The van der Waals surface area contributed by atoms with E-state index in [0.717, 1.165) is 45.1 Å². The third-order valence-corrected chi connectivity index (χ3v) is 8.79. The van der Waals surface area contributed by atoms with Crippen molar-refractivity contribution >= 4 is 27.5 Å². The first-order valence-corrected chi connectivity index (χ1v) is 12.6. The van der Waals surface area contributed by atoms with Crippen molar-refractivity contribution in [3.63, 3.8) is 0 Å². The highest BCUT2D eigenvalue weighted by Crippen LogP contribution is 2.61. The fourth-order valence-electron chi connectivity index (χ4n) is 6.71. The van der Waals surface area contributed by atoms with Crippen molar-refractivity contribution in [2.75, 3.05) is 0 Å². The Balaban J connectivity index is 1.18. The van der Waals surface area contributed by atoms with E-state index in [-0.39, 0.29) is 0 Å². The topological polar surface area (TPSA) is 21.3 Å². The number of ether oxygens (including phenoxy) is 1. The normalized spacial score (nSPS) is 30.4. The van der Waals surface area contributed by atoms with Gasteiger partial charge in [-0.25, -0.2) is 0 Å². The summed E-state index contributed by atoms with van der Waals surface area (Å²) >= 11 is 9.65. The first kappa shape index (κ1) is 20.8. The minimum atomic E-state index is 0.538. The fraction of sp³-hybridized carbons (Fsp3) is 0.538. The maximum atomic E-state index is 6.00. The second kappa shape index (κ2) is 8.48. The van der Waals surface area contributed by atoms with E-state index >= 15 is 0 Å². The molecule has 2 aromatic carbocycles. The summed E-state index contributed by atoms with van der Waals surface area (Å²) in [5.74, 6) is 3.90. The third-order valence-electron chi connectivity index (χ3n) is 7.92. The van der Waals surface area contributed by atoms with Gasteiger partial charge in [0.15, 0.2) is 0 Å². The second-order valence-corrected chi connectivity index (χ2v) is 11.4. The number of nitrogens with one attached hydrogen (secondary N) is 1. The first-order chi connectivity index (χ1) is 14.5. The molecule has 4 heteroatoms. The predicted octanol–water partition coefficient (Wildman–Crippen LogP) is 7.38. The zero-order chi connectivity index (χ0) is 20.7. The Labute approximate surface area is 193 Å². The maximum absolute atomic E-state index is 6.00. The Morgan fingerprint density at radius 1 is 1.00 bits per heavy atom. The molecular weight excluding hydrogens is 458 g/mol. The highest BCUT2D eigenvalue weighted by atomic mass is 79.9. The molecular formula is C26H31BrClNO. The largest absolute Gasteiger partial charge is 0.488 e. The van der Waals surface area contributed by atoms with Crippen LogP contribution in [0.2, 0.25) is 5.02 Å². The molecule has 4 aliphatic carbocycles. The van der Waals surface area contributed by atoms with Gasteiger partial charge >= 0.3 is 0 Å². The fourth-order valence-corrected chi connectivity index (χ4v) is 7.38. The highest BCUT2D eigenvalue weighted by Gasteiger charge is 2.52. The molecule has 1 atom stereocenters. The van der Waals surface area contributed by atoms with Crippen LogP contribution >= 0.6 is 27.5 Å². The summed E-state index contributed by atoms with van der Waals surface area (Å²) < 4.78 is 7.01. The van der Waals surface area contributed by atoms with Gasteiger partial charge in [-0.2, -0.15) is 0 Å². The number of halogens is 2. The summed E-state index contributed by atoms with van der Waals surface area (Å²) in [6.45, 7) is 3.89. The molecule has 4 fully saturated rings. The predicted molar refractivity (Wildman–Crippen MR) is 127 cm³/mol. The van der Waals surface area contributed by atoms with E-state index in [1.807, 2.05) is 24.3 Å². The summed E-state index contributed by atoms with van der Waals surface area (Å²) in [4.78, 5) is 0. The molecule has 2 nitrogen and oxygen atoms in total. The van der Waals surface area contributed by atoms with Crippen LogP contribution in [0.25, 0.3) is 0 Å². The van der Waals surface area contributed by atoms with E-state index in [1.54, 1.807) is 0 Å². The Morgan fingerprint density at radius 3 is 2.20 bits per heavy atom. The Kier molecular flexibility index (Phi) is 5.90. The van der Waals surface area contributed by atoms with Crippen LogP contribution in [0.5, 0.6) is 5.75 Å². The van der Waals surface area contributed by atoms with Crippen LogP contribution in [0.3, 0.4) is 0 Å². The van der Waals surface area contributed by atoms with Crippen molar-refractivity contribution < 1.29 is 4.74 Å². The molecule has 0 amide bonds. The van der Waals surface area contributed by atoms with Gasteiger partial charge in [-0.15, -0.1) is 0 Å². The molecule has 4 bridgehead atoms. The lowest BCUT2D eigenvalue weighted by atomic mass is 9.48. The van der Waals surface area contributed by atoms with Gasteiger partial charge in [-0.1, -0.05) is 29.8 Å².